The molecule has 0 aliphatic carbocycles. The molecule has 0 N–H and O–H groups in total. The molecule has 0 aromatic rings. The largest absolute Gasteiger partial charge is 0.462 e. The van der Waals surface area contributed by atoms with E-state index in [1.165, 1.54) is 360 Å². The smallest absolute Gasteiger partial charge is 0.306 e. The molecule has 0 aromatic heterocycles. The van der Waals surface area contributed by atoms with Crippen LogP contribution in [0.5, 0.6) is 0 Å². The number of esters is 3. The number of hydrogen-bond acceptors (Lipinski definition) is 6. The van der Waals surface area contributed by atoms with E-state index in [1.54, 1.807) is 0 Å². The summed E-state index contributed by atoms with van der Waals surface area (Å²) in [6, 6.07) is 0. The van der Waals surface area contributed by atoms with E-state index >= 15 is 0 Å². The maximum Gasteiger partial charge on any atom is 0.306 e. The fourth-order valence-electron chi connectivity index (χ4n) is 12.3. The van der Waals surface area contributed by atoms with Crippen LogP contribution in [-0.4, -0.2) is 37.2 Å². The lowest BCUT2D eigenvalue weighted by molar-refractivity contribution is -0.167. The summed E-state index contributed by atoms with van der Waals surface area (Å²) in [6.07, 6.45) is 87.2. The van der Waals surface area contributed by atoms with Crippen LogP contribution >= 0.6 is 0 Å². The molecule has 0 rings (SSSR count). The molecule has 0 aromatic carbocycles. The van der Waals surface area contributed by atoms with Crippen molar-refractivity contribution in [2.24, 2.45) is 0 Å². The van der Waals surface area contributed by atoms with E-state index < -0.39 is 6.10 Å². The molecule has 0 spiro atoms. The molecule has 0 amide bonds. The maximum absolute atomic E-state index is 13.0. The molecule has 1 unspecified atom stereocenters. The lowest BCUT2D eigenvalue weighted by Crippen LogP contribution is -2.30. The van der Waals surface area contributed by atoms with Gasteiger partial charge in [0.2, 0.25) is 0 Å². The first-order valence-corrected chi connectivity index (χ1v) is 38.5. The highest BCUT2D eigenvalue weighted by Gasteiger charge is 2.20. The minimum atomic E-state index is -0.764. The van der Waals surface area contributed by atoms with Gasteiger partial charge in [-0.3, -0.25) is 14.4 Å². The van der Waals surface area contributed by atoms with Crippen LogP contribution in [0.2, 0.25) is 0 Å². The molecular formula is C77H150O6. The molecule has 0 saturated heterocycles. The highest BCUT2D eigenvalue weighted by molar-refractivity contribution is 5.71. The highest BCUT2D eigenvalue weighted by Crippen LogP contribution is 2.20. The van der Waals surface area contributed by atoms with Gasteiger partial charge in [-0.15, -0.1) is 0 Å². The second kappa shape index (κ2) is 72.9. The Bertz CT molecular complexity index is 1250. The standard InChI is InChI=1S/C77H150O6/c1-4-7-10-13-16-19-22-25-28-31-33-35-37-39-41-43-46-49-52-55-58-61-64-67-70-76(79)82-73-74(72-81-75(78)69-66-63-60-57-54-51-48-45-30-27-24-21-18-15-12-9-6-3)83-77(80)71-68-65-62-59-56-53-50-47-44-42-40-38-36-34-32-29-26-23-20-17-14-11-8-5-2/h74H,4-73H2,1-3H3. The van der Waals surface area contributed by atoms with Gasteiger partial charge in [0, 0.05) is 19.3 Å². The van der Waals surface area contributed by atoms with E-state index in [2.05, 4.69) is 20.8 Å². The summed E-state index contributed by atoms with van der Waals surface area (Å²) < 4.78 is 17.1. The van der Waals surface area contributed by atoms with Gasteiger partial charge < -0.3 is 14.2 Å². The third kappa shape index (κ3) is 71.1. The normalized spacial score (nSPS) is 11.9. The number of carbonyl (C=O) groups is 3. The second-order valence-corrected chi connectivity index (χ2v) is 26.6. The number of carbonyl (C=O) groups excluding carboxylic acids is 3. The van der Waals surface area contributed by atoms with Crippen molar-refractivity contribution in [3.63, 3.8) is 0 Å². The summed E-state index contributed by atoms with van der Waals surface area (Å²) in [5, 5.41) is 0. The Morgan fingerprint density at radius 1 is 0.193 bits per heavy atom. The average Bonchev–Trinajstić information content (AvgIpc) is 3.50. The first-order chi connectivity index (χ1) is 41.0. The second-order valence-electron chi connectivity index (χ2n) is 26.6. The van der Waals surface area contributed by atoms with Crippen molar-refractivity contribution in [3.05, 3.63) is 0 Å². The van der Waals surface area contributed by atoms with Crippen LogP contribution in [0.4, 0.5) is 0 Å². The average molecular weight is 1170 g/mol. The molecule has 83 heavy (non-hydrogen) atoms. The molecule has 0 heterocycles. The Morgan fingerprint density at radius 3 is 0.482 bits per heavy atom. The molecule has 494 valence electrons. The van der Waals surface area contributed by atoms with E-state index in [9.17, 15) is 14.4 Å². The van der Waals surface area contributed by atoms with Crippen LogP contribution in [0.3, 0.4) is 0 Å². The van der Waals surface area contributed by atoms with E-state index in [-0.39, 0.29) is 31.1 Å². The molecule has 0 saturated carbocycles. The molecular weight excluding hydrogens is 1020 g/mol. The van der Waals surface area contributed by atoms with Crippen molar-refractivity contribution in [1.82, 2.24) is 0 Å². The van der Waals surface area contributed by atoms with E-state index in [0.29, 0.717) is 19.3 Å². The summed E-state index contributed by atoms with van der Waals surface area (Å²) in [5.74, 6) is -0.813. The Morgan fingerprint density at radius 2 is 0.325 bits per heavy atom. The third-order valence-corrected chi connectivity index (χ3v) is 18.1. The van der Waals surface area contributed by atoms with Gasteiger partial charge >= 0.3 is 17.9 Å². The van der Waals surface area contributed by atoms with E-state index in [1.807, 2.05) is 0 Å². The molecule has 1 atom stereocenters. The van der Waals surface area contributed by atoms with Gasteiger partial charge in [-0.1, -0.05) is 419 Å². The highest BCUT2D eigenvalue weighted by atomic mass is 16.6. The topological polar surface area (TPSA) is 78.9 Å². The third-order valence-electron chi connectivity index (χ3n) is 18.1. The van der Waals surface area contributed by atoms with Gasteiger partial charge in [0.25, 0.3) is 0 Å². The van der Waals surface area contributed by atoms with Crippen molar-refractivity contribution in [1.29, 1.82) is 0 Å². The lowest BCUT2D eigenvalue weighted by Gasteiger charge is -2.18. The predicted molar refractivity (Wildman–Crippen MR) is 363 cm³/mol. The number of rotatable bonds is 73. The molecule has 6 heteroatoms. The van der Waals surface area contributed by atoms with Gasteiger partial charge in [0.15, 0.2) is 6.10 Å². The van der Waals surface area contributed by atoms with Crippen LogP contribution in [0, 0.1) is 0 Å². The Balaban J connectivity index is 4.23. The van der Waals surface area contributed by atoms with Crippen molar-refractivity contribution in [3.8, 4) is 0 Å². The predicted octanol–water partition coefficient (Wildman–Crippen LogP) is 26.6. The van der Waals surface area contributed by atoms with E-state index in [4.69, 9.17) is 14.2 Å². The fourth-order valence-corrected chi connectivity index (χ4v) is 12.3. The van der Waals surface area contributed by atoms with Gasteiger partial charge in [-0.05, 0) is 19.3 Å². The van der Waals surface area contributed by atoms with Gasteiger partial charge in [-0.25, -0.2) is 0 Å². The van der Waals surface area contributed by atoms with Gasteiger partial charge in [-0.2, -0.15) is 0 Å². The summed E-state index contributed by atoms with van der Waals surface area (Å²) in [7, 11) is 0. The zero-order valence-corrected chi connectivity index (χ0v) is 57.0. The lowest BCUT2D eigenvalue weighted by atomic mass is 10.0. The van der Waals surface area contributed by atoms with Crippen molar-refractivity contribution in [2.45, 2.75) is 463 Å². The number of unbranched alkanes of at least 4 members (excludes halogenated alkanes) is 62. The van der Waals surface area contributed by atoms with Crippen molar-refractivity contribution < 1.29 is 28.6 Å². The molecule has 6 nitrogen and oxygen atoms in total. The van der Waals surface area contributed by atoms with Crippen LogP contribution in [0.1, 0.15) is 457 Å². The minimum absolute atomic E-state index is 0.0597. The Hall–Kier alpha value is -1.59. The summed E-state index contributed by atoms with van der Waals surface area (Å²) in [5.41, 5.74) is 0. The summed E-state index contributed by atoms with van der Waals surface area (Å²) in [4.78, 5) is 38.6. The summed E-state index contributed by atoms with van der Waals surface area (Å²) in [6.45, 7) is 6.76. The number of hydrogen-bond donors (Lipinski definition) is 0. The molecule has 0 aliphatic rings. The van der Waals surface area contributed by atoms with Gasteiger partial charge in [0.1, 0.15) is 13.2 Å². The first kappa shape index (κ1) is 81.4. The van der Waals surface area contributed by atoms with Crippen LogP contribution < -0.4 is 0 Å². The van der Waals surface area contributed by atoms with Gasteiger partial charge in [0.05, 0.1) is 0 Å². The Kier molecular flexibility index (Phi) is 71.5. The fraction of sp³-hybridized carbons (Fsp3) is 0.961. The van der Waals surface area contributed by atoms with E-state index in [0.717, 1.165) is 57.8 Å². The number of ether oxygens (including phenoxy) is 3. The molecule has 0 bridgehead atoms. The molecule has 0 fully saturated rings. The van der Waals surface area contributed by atoms with Crippen molar-refractivity contribution >= 4 is 17.9 Å². The van der Waals surface area contributed by atoms with Crippen molar-refractivity contribution in [2.75, 3.05) is 13.2 Å². The Labute approximate surface area is 520 Å². The minimum Gasteiger partial charge on any atom is -0.462 e. The summed E-state index contributed by atoms with van der Waals surface area (Å²) >= 11 is 0. The molecule has 0 radical (unpaired) electrons. The van der Waals surface area contributed by atoms with Crippen LogP contribution in [-0.2, 0) is 28.6 Å². The zero-order chi connectivity index (χ0) is 59.9. The first-order valence-electron chi connectivity index (χ1n) is 38.5. The zero-order valence-electron chi connectivity index (χ0n) is 57.0. The van der Waals surface area contributed by atoms with Crippen LogP contribution in [0.15, 0.2) is 0 Å². The monoisotopic (exact) mass is 1170 g/mol. The molecule has 0 aliphatic heterocycles. The maximum atomic E-state index is 13.0. The van der Waals surface area contributed by atoms with Crippen LogP contribution in [0.25, 0.3) is 0 Å². The SMILES string of the molecule is CCCCCCCCCCCCCCCCCCCCCCCCCCC(=O)OCC(COC(=O)CCCCCCCCCCCCCCCCCCC)OC(=O)CCCCCCCCCCCCCCCCCCCCCCCCCC. The quantitative estimate of drug-likeness (QED) is 0.0343.